The van der Waals surface area contributed by atoms with Crippen molar-refractivity contribution in [1.82, 2.24) is 10.9 Å². The van der Waals surface area contributed by atoms with Gasteiger partial charge >= 0.3 is 0 Å². The van der Waals surface area contributed by atoms with Crippen LogP contribution in [0.3, 0.4) is 0 Å². The van der Waals surface area contributed by atoms with Gasteiger partial charge in [0.05, 0.1) is 0 Å². The molecule has 0 spiro atoms. The summed E-state index contributed by atoms with van der Waals surface area (Å²) < 4.78 is 5.62. The number of ether oxygens (including phenoxy) is 1. The van der Waals surface area contributed by atoms with Gasteiger partial charge < -0.3 is 4.74 Å². The molecule has 0 heterocycles. The van der Waals surface area contributed by atoms with Crippen LogP contribution in [-0.4, -0.2) is 17.9 Å². The maximum absolute atomic E-state index is 12.3. The number of hydrogen-bond donors (Lipinski definition) is 2. The van der Waals surface area contributed by atoms with Crippen LogP contribution in [0.2, 0.25) is 0 Å². The Balaban J connectivity index is 1.52. The van der Waals surface area contributed by atoms with E-state index in [4.69, 9.17) is 4.74 Å². The normalized spacial score (nSPS) is 11.4. The predicted molar refractivity (Wildman–Crippen MR) is 113 cm³/mol. The Morgan fingerprint density at radius 1 is 0.828 bits per heavy atom. The van der Waals surface area contributed by atoms with Crippen molar-refractivity contribution in [1.29, 1.82) is 0 Å². The molecule has 0 aliphatic carbocycles. The Hall–Kier alpha value is -3.60. The van der Waals surface area contributed by atoms with Gasteiger partial charge in [-0.1, -0.05) is 61.5 Å². The molecule has 0 aromatic heterocycles. The molecule has 3 aromatic carbocycles. The molecule has 29 heavy (non-hydrogen) atoms. The third kappa shape index (κ3) is 5.45. The van der Waals surface area contributed by atoms with E-state index in [0.717, 1.165) is 17.5 Å². The fourth-order valence-electron chi connectivity index (χ4n) is 2.80. The summed E-state index contributed by atoms with van der Waals surface area (Å²) in [4.78, 5) is 24.5. The number of aryl methyl sites for hydroxylation is 1. The summed E-state index contributed by atoms with van der Waals surface area (Å²) >= 11 is 0. The van der Waals surface area contributed by atoms with Gasteiger partial charge in [-0.3, -0.25) is 20.4 Å². The zero-order valence-electron chi connectivity index (χ0n) is 16.5. The second-order valence-electron chi connectivity index (χ2n) is 6.64. The molecule has 0 radical (unpaired) electrons. The third-order valence-corrected chi connectivity index (χ3v) is 4.57. The minimum atomic E-state index is -0.747. The number of carbonyl (C=O) groups excluding carboxylic acids is 2. The maximum Gasteiger partial charge on any atom is 0.279 e. The average molecular weight is 388 g/mol. The van der Waals surface area contributed by atoms with Crippen LogP contribution in [-0.2, 0) is 11.2 Å². The van der Waals surface area contributed by atoms with E-state index in [1.165, 1.54) is 5.56 Å². The minimum absolute atomic E-state index is 0.391. The minimum Gasteiger partial charge on any atom is -0.481 e. The standard InChI is InChI=1S/C24H24N2O3/c1-3-18-9-15-22(16-10-18)29-17(2)23(27)25-26-24(28)21-13-11-20(12-14-21)19-7-5-4-6-8-19/h4-17H,3H2,1-2H3,(H,25,27)(H,26,28)/t17-/m0/s1. The van der Waals surface area contributed by atoms with Crippen molar-refractivity contribution in [2.75, 3.05) is 0 Å². The summed E-state index contributed by atoms with van der Waals surface area (Å²) in [5.41, 5.74) is 8.57. The fourth-order valence-corrected chi connectivity index (χ4v) is 2.80. The predicted octanol–water partition coefficient (Wildman–Crippen LogP) is 4.14. The SMILES string of the molecule is CCc1ccc(O[C@@H](C)C(=O)NNC(=O)c2ccc(-c3ccccc3)cc2)cc1. The summed E-state index contributed by atoms with van der Waals surface area (Å²) in [6.45, 7) is 3.70. The molecular weight excluding hydrogens is 364 g/mol. The highest BCUT2D eigenvalue weighted by atomic mass is 16.5. The van der Waals surface area contributed by atoms with E-state index in [0.29, 0.717) is 11.3 Å². The van der Waals surface area contributed by atoms with Gasteiger partial charge in [0, 0.05) is 5.56 Å². The molecule has 0 saturated carbocycles. The van der Waals surface area contributed by atoms with Gasteiger partial charge in [0.25, 0.3) is 11.8 Å². The summed E-state index contributed by atoms with van der Waals surface area (Å²) in [6.07, 6.45) is 0.192. The number of rotatable bonds is 6. The lowest BCUT2D eigenvalue weighted by Crippen LogP contribution is -2.47. The second kappa shape index (κ2) is 9.55. The summed E-state index contributed by atoms with van der Waals surface area (Å²) in [6, 6.07) is 24.7. The Morgan fingerprint density at radius 2 is 1.45 bits per heavy atom. The van der Waals surface area contributed by atoms with Crippen LogP contribution in [0.5, 0.6) is 5.75 Å². The van der Waals surface area contributed by atoms with E-state index in [9.17, 15) is 9.59 Å². The number of nitrogens with one attached hydrogen (secondary N) is 2. The molecule has 5 nitrogen and oxygen atoms in total. The van der Waals surface area contributed by atoms with Gasteiger partial charge in [-0.2, -0.15) is 0 Å². The smallest absolute Gasteiger partial charge is 0.279 e. The average Bonchev–Trinajstić information content (AvgIpc) is 2.78. The van der Waals surface area contributed by atoms with Crippen LogP contribution in [0, 0.1) is 0 Å². The quantitative estimate of drug-likeness (QED) is 0.624. The number of carbonyl (C=O) groups is 2. The molecule has 5 heteroatoms. The van der Waals surface area contributed by atoms with E-state index in [-0.39, 0.29) is 0 Å². The number of amides is 2. The number of hydrogen-bond acceptors (Lipinski definition) is 3. The molecule has 0 fully saturated rings. The lowest BCUT2D eigenvalue weighted by Gasteiger charge is -2.15. The highest BCUT2D eigenvalue weighted by Crippen LogP contribution is 2.19. The van der Waals surface area contributed by atoms with Crippen LogP contribution >= 0.6 is 0 Å². The molecule has 3 rings (SSSR count). The molecule has 1 atom stereocenters. The molecule has 148 valence electrons. The van der Waals surface area contributed by atoms with Crippen LogP contribution in [0.1, 0.15) is 29.8 Å². The Morgan fingerprint density at radius 3 is 2.07 bits per heavy atom. The second-order valence-corrected chi connectivity index (χ2v) is 6.64. The Labute approximate surface area is 170 Å². The molecule has 0 unspecified atom stereocenters. The van der Waals surface area contributed by atoms with Gasteiger partial charge in [-0.25, -0.2) is 0 Å². The van der Waals surface area contributed by atoms with E-state index in [1.807, 2.05) is 66.7 Å². The Bertz CT molecular complexity index is 952. The molecular formula is C24H24N2O3. The van der Waals surface area contributed by atoms with Crippen LogP contribution < -0.4 is 15.6 Å². The van der Waals surface area contributed by atoms with Gasteiger partial charge in [-0.05, 0) is 54.3 Å². The molecule has 0 bridgehead atoms. The zero-order chi connectivity index (χ0) is 20.6. The monoisotopic (exact) mass is 388 g/mol. The Kier molecular flexibility index (Phi) is 6.63. The highest BCUT2D eigenvalue weighted by Gasteiger charge is 2.16. The third-order valence-electron chi connectivity index (χ3n) is 4.57. The van der Waals surface area contributed by atoms with Crippen molar-refractivity contribution in [2.24, 2.45) is 0 Å². The molecule has 0 aliphatic heterocycles. The van der Waals surface area contributed by atoms with Gasteiger partial charge in [-0.15, -0.1) is 0 Å². The largest absolute Gasteiger partial charge is 0.481 e. The number of hydrazine groups is 1. The number of benzene rings is 3. The first-order valence-corrected chi connectivity index (χ1v) is 9.58. The highest BCUT2D eigenvalue weighted by molar-refractivity contribution is 5.96. The lowest BCUT2D eigenvalue weighted by atomic mass is 10.0. The van der Waals surface area contributed by atoms with E-state index in [2.05, 4.69) is 17.8 Å². The zero-order valence-corrected chi connectivity index (χ0v) is 16.5. The van der Waals surface area contributed by atoms with Crippen molar-refractivity contribution in [3.05, 3.63) is 90.0 Å². The maximum atomic E-state index is 12.3. The van der Waals surface area contributed by atoms with E-state index >= 15 is 0 Å². The first-order chi connectivity index (χ1) is 14.1. The van der Waals surface area contributed by atoms with Crippen molar-refractivity contribution >= 4 is 11.8 Å². The summed E-state index contributed by atoms with van der Waals surface area (Å²) in [5, 5.41) is 0. The molecule has 2 amide bonds. The van der Waals surface area contributed by atoms with E-state index < -0.39 is 17.9 Å². The van der Waals surface area contributed by atoms with E-state index in [1.54, 1.807) is 19.1 Å². The van der Waals surface area contributed by atoms with Crippen molar-refractivity contribution in [3.63, 3.8) is 0 Å². The van der Waals surface area contributed by atoms with Gasteiger partial charge in [0.2, 0.25) is 0 Å². The topological polar surface area (TPSA) is 67.4 Å². The first kappa shape index (κ1) is 20.1. The van der Waals surface area contributed by atoms with Crippen molar-refractivity contribution in [2.45, 2.75) is 26.4 Å². The lowest BCUT2D eigenvalue weighted by molar-refractivity contribution is -0.128. The molecule has 3 aromatic rings. The van der Waals surface area contributed by atoms with Gasteiger partial charge in [0.1, 0.15) is 5.75 Å². The van der Waals surface area contributed by atoms with Gasteiger partial charge in [0.15, 0.2) is 6.10 Å². The van der Waals surface area contributed by atoms with Crippen LogP contribution in [0.25, 0.3) is 11.1 Å². The summed E-state index contributed by atoms with van der Waals surface area (Å²) in [5.74, 6) is -0.219. The summed E-state index contributed by atoms with van der Waals surface area (Å²) in [7, 11) is 0. The van der Waals surface area contributed by atoms with Crippen molar-refractivity contribution < 1.29 is 14.3 Å². The molecule has 2 N–H and O–H groups in total. The molecule has 0 saturated heterocycles. The van der Waals surface area contributed by atoms with Crippen molar-refractivity contribution in [3.8, 4) is 16.9 Å². The fraction of sp³-hybridized carbons (Fsp3) is 0.167. The first-order valence-electron chi connectivity index (χ1n) is 9.58. The van der Waals surface area contributed by atoms with Crippen LogP contribution in [0.15, 0.2) is 78.9 Å². The van der Waals surface area contributed by atoms with Crippen LogP contribution in [0.4, 0.5) is 0 Å². The molecule has 0 aliphatic rings.